The minimum atomic E-state index is -0.699. The van der Waals surface area contributed by atoms with E-state index in [0.717, 1.165) is 72.2 Å². The van der Waals surface area contributed by atoms with E-state index in [1.54, 1.807) is 0 Å². The van der Waals surface area contributed by atoms with Gasteiger partial charge in [-0.15, -0.1) is 0 Å². The van der Waals surface area contributed by atoms with Crippen molar-refractivity contribution >= 4 is 43.7 Å². The first-order valence-corrected chi connectivity index (χ1v) is 19.7. The highest BCUT2D eigenvalue weighted by atomic mass is 16.3. The fraction of sp³-hybridized carbons (Fsp3) is 0.0185. The Labute approximate surface area is 334 Å². The van der Waals surface area contributed by atoms with Gasteiger partial charge < -0.3 is 4.42 Å². The lowest BCUT2D eigenvalue weighted by atomic mass is 9.69. The summed E-state index contributed by atoms with van der Waals surface area (Å²) in [5, 5.41) is 4.68. The molecule has 0 bridgehead atoms. The first-order valence-electron chi connectivity index (χ1n) is 19.7. The molecule has 1 atom stereocenters. The van der Waals surface area contributed by atoms with E-state index in [1.165, 1.54) is 33.0 Å². The summed E-state index contributed by atoms with van der Waals surface area (Å²) in [7, 11) is 0. The highest BCUT2D eigenvalue weighted by molar-refractivity contribution is 6.19. The fourth-order valence-electron chi connectivity index (χ4n) is 9.35. The summed E-state index contributed by atoms with van der Waals surface area (Å²) in [6, 6.07) is 70.8. The van der Waals surface area contributed by atoms with Crippen LogP contribution in [-0.4, -0.2) is 15.0 Å². The molecule has 3 aromatic heterocycles. The number of hydrogen-bond acceptors (Lipinski definition) is 4. The maximum atomic E-state index is 6.38. The molecule has 8 aromatic carbocycles. The molecular weight excluding hydrogens is 707 g/mol. The first kappa shape index (κ1) is 32.5. The maximum Gasteiger partial charge on any atom is 0.160 e. The van der Waals surface area contributed by atoms with Crippen LogP contribution in [0.5, 0.6) is 0 Å². The number of fused-ring (bicyclic) bond motifs is 9. The number of nitrogens with zero attached hydrogens (tertiary/aromatic N) is 3. The summed E-state index contributed by atoms with van der Waals surface area (Å²) >= 11 is 0. The van der Waals surface area contributed by atoms with E-state index in [1.807, 2.05) is 24.3 Å². The summed E-state index contributed by atoms with van der Waals surface area (Å²) in [5.41, 5.74) is 14.6. The van der Waals surface area contributed by atoms with Crippen LogP contribution < -0.4 is 0 Å². The van der Waals surface area contributed by atoms with Gasteiger partial charge in [-0.05, 0) is 86.1 Å². The molecule has 4 heteroatoms. The topological polar surface area (TPSA) is 51.8 Å². The summed E-state index contributed by atoms with van der Waals surface area (Å²) in [5.74, 6) is 0.679. The average Bonchev–Trinajstić information content (AvgIpc) is 3.83. The molecule has 0 spiro atoms. The zero-order valence-electron chi connectivity index (χ0n) is 31.3. The van der Waals surface area contributed by atoms with Crippen LogP contribution in [0.1, 0.15) is 22.4 Å². The lowest BCUT2D eigenvalue weighted by Gasteiger charge is -2.33. The number of pyridine rings is 1. The number of benzene rings is 8. The third kappa shape index (κ3) is 4.79. The quantitative estimate of drug-likeness (QED) is 0.176. The molecule has 0 saturated carbocycles. The molecule has 1 aliphatic carbocycles. The molecule has 0 amide bonds. The van der Waals surface area contributed by atoms with Gasteiger partial charge in [0.05, 0.1) is 16.6 Å². The Morgan fingerprint density at radius 2 is 1.09 bits per heavy atom. The third-order valence-electron chi connectivity index (χ3n) is 12.0. The second kappa shape index (κ2) is 12.7. The van der Waals surface area contributed by atoms with Crippen molar-refractivity contribution < 1.29 is 4.42 Å². The van der Waals surface area contributed by atoms with E-state index in [4.69, 9.17) is 19.4 Å². The standard InChI is InChI=1S/C54H33N3O/c1-4-15-35(16-5-1)51-52-46(55-53(57-51)36-17-6-2-7-18-36)28-31-49(56-52)54(39-19-8-3-9-20-39)44-23-13-12-22-41(44)42-32-37(24-27-45(42)54)38-26-29-47-43(33-38)50-40-21-11-10-14-34(40)25-30-48(50)58-47/h1-33H. The van der Waals surface area contributed by atoms with Crippen LogP contribution in [0.2, 0.25) is 0 Å². The summed E-state index contributed by atoms with van der Waals surface area (Å²) < 4.78 is 6.38. The molecule has 3 heterocycles. The fourth-order valence-corrected chi connectivity index (χ4v) is 9.35. The average molecular weight is 740 g/mol. The Kier molecular flexibility index (Phi) is 7.11. The molecule has 12 rings (SSSR count). The Hall–Kier alpha value is -7.69. The molecule has 11 aromatic rings. The SMILES string of the molecule is c1ccc(-c2nc(-c3ccccc3)c3nc(C4(c5ccccc5)c5ccccc5-c5cc(-c6ccc7oc8ccc9ccccc9c8c7c6)ccc54)ccc3n2)cc1. The predicted molar refractivity (Wildman–Crippen MR) is 236 cm³/mol. The van der Waals surface area contributed by atoms with Crippen LogP contribution in [0.4, 0.5) is 0 Å². The number of furan rings is 1. The second-order valence-corrected chi connectivity index (χ2v) is 15.1. The predicted octanol–water partition coefficient (Wildman–Crippen LogP) is 13.4. The van der Waals surface area contributed by atoms with E-state index in [0.29, 0.717) is 5.82 Å². The van der Waals surface area contributed by atoms with E-state index in [9.17, 15) is 0 Å². The van der Waals surface area contributed by atoms with Crippen molar-refractivity contribution in [1.29, 1.82) is 0 Å². The van der Waals surface area contributed by atoms with Crippen molar-refractivity contribution in [2.75, 3.05) is 0 Å². The van der Waals surface area contributed by atoms with E-state index < -0.39 is 5.41 Å². The van der Waals surface area contributed by atoms with Crippen molar-refractivity contribution in [3.8, 4) is 44.9 Å². The van der Waals surface area contributed by atoms with Crippen molar-refractivity contribution in [3.05, 3.63) is 223 Å². The Morgan fingerprint density at radius 1 is 0.414 bits per heavy atom. The minimum absolute atomic E-state index is 0.679. The second-order valence-electron chi connectivity index (χ2n) is 15.1. The van der Waals surface area contributed by atoms with Crippen molar-refractivity contribution in [2.45, 2.75) is 5.41 Å². The zero-order valence-corrected chi connectivity index (χ0v) is 31.3. The Bertz CT molecular complexity index is 3390. The molecule has 4 nitrogen and oxygen atoms in total. The van der Waals surface area contributed by atoms with Crippen LogP contribution in [0.25, 0.3) is 88.6 Å². The molecule has 0 radical (unpaired) electrons. The van der Waals surface area contributed by atoms with Crippen molar-refractivity contribution in [3.63, 3.8) is 0 Å². The van der Waals surface area contributed by atoms with Gasteiger partial charge in [-0.3, -0.25) is 0 Å². The normalized spacial score (nSPS) is 14.6. The zero-order chi connectivity index (χ0) is 38.2. The maximum absolute atomic E-state index is 6.38. The van der Waals surface area contributed by atoms with Gasteiger partial charge in [0, 0.05) is 21.9 Å². The van der Waals surface area contributed by atoms with Gasteiger partial charge in [-0.25, -0.2) is 15.0 Å². The Balaban J connectivity index is 1.09. The van der Waals surface area contributed by atoms with Crippen molar-refractivity contribution in [1.82, 2.24) is 15.0 Å². The molecule has 58 heavy (non-hydrogen) atoms. The van der Waals surface area contributed by atoms with Gasteiger partial charge in [-0.1, -0.05) is 164 Å². The molecule has 0 saturated heterocycles. The third-order valence-corrected chi connectivity index (χ3v) is 12.0. The Morgan fingerprint density at radius 3 is 1.93 bits per heavy atom. The lowest BCUT2D eigenvalue weighted by Crippen LogP contribution is -2.29. The smallest absolute Gasteiger partial charge is 0.160 e. The molecule has 1 aliphatic rings. The van der Waals surface area contributed by atoms with Crippen LogP contribution in [0, 0.1) is 0 Å². The summed E-state index contributed by atoms with van der Waals surface area (Å²) in [6.45, 7) is 0. The molecule has 0 aliphatic heterocycles. The van der Waals surface area contributed by atoms with Gasteiger partial charge in [0.2, 0.25) is 0 Å². The van der Waals surface area contributed by atoms with Gasteiger partial charge in [0.1, 0.15) is 22.4 Å². The largest absolute Gasteiger partial charge is 0.456 e. The highest BCUT2D eigenvalue weighted by Crippen LogP contribution is 2.56. The number of hydrogen-bond donors (Lipinski definition) is 0. The summed E-state index contributed by atoms with van der Waals surface area (Å²) in [4.78, 5) is 16.0. The van der Waals surface area contributed by atoms with Gasteiger partial charge in [0.15, 0.2) is 5.82 Å². The van der Waals surface area contributed by atoms with Gasteiger partial charge in [0.25, 0.3) is 0 Å². The molecule has 1 unspecified atom stereocenters. The van der Waals surface area contributed by atoms with E-state index >= 15 is 0 Å². The lowest BCUT2D eigenvalue weighted by molar-refractivity contribution is 0.669. The number of rotatable bonds is 5. The monoisotopic (exact) mass is 739 g/mol. The van der Waals surface area contributed by atoms with Crippen molar-refractivity contribution in [2.24, 2.45) is 0 Å². The number of aromatic nitrogens is 3. The molecular formula is C54H33N3O. The molecule has 270 valence electrons. The minimum Gasteiger partial charge on any atom is -0.456 e. The molecule has 0 fully saturated rings. The first-order chi connectivity index (χ1) is 28.7. The van der Waals surface area contributed by atoms with Crippen LogP contribution in [0.15, 0.2) is 205 Å². The van der Waals surface area contributed by atoms with E-state index in [-0.39, 0.29) is 0 Å². The molecule has 0 N–H and O–H groups in total. The summed E-state index contributed by atoms with van der Waals surface area (Å²) in [6.07, 6.45) is 0. The van der Waals surface area contributed by atoms with Crippen LogP contribution in [-0.2, 0) is 5.41 Å². The van der Waals surface area contributed by atoms with Gasteiger partial charge in [-0.2, -0.15) is 0 Å². The van der Waals surface area contributed by atoms with Crippen LogP contribution in [0.3, 0.4) is 0 Å². The van der Waals surface area contributed by atoms with Crippen LogP contribution >= 0.6 is 0 Å². The van der Waals surface area contributed by atoms with E-state index in [2.05, 4.69) is 176 Å². The van der Waals surface area contributed by atoms with Gasteiger partial charge >= 0.3 is 0 Å². The highest BCUT2D eigenvalue weighted by Gasteiger charge is 2.47.